The van der Waals surface area contributed by atoms with Crippen LogP contribution in [0.2, 0.25) is 0 Å². The second-order valence-electron chi connectivity index (χ2n) is 4.22. The fraction of sp³-hybridized carbons (Fsp3) is 0.143. The molecule has 0 radical (unpaired) electrons. The van der Waals surface area contributed by atoms with E-state index in [1.54, 1.807) is 31.2 Å². The molecule has 5 heteroatoms. The molecule has 2 rings (SSSR count). The molecule has 98 valence electrons. The number of benzene rings is 1. The number of carbonyl (C=O) groups is 1. The smallest absolute Gasteiger partial charge is 0.255 e. The third-order valence-corrected chi connectivity index (χ3v) is 3.20. The zero-order valence-corrected chi connectivity index (χ0v) is 12.2. The number of anilines is 1. The number of phenolic OH excluding ortho intramolecular Hbond substituents is 1. The largest absolute Gasteiger partial charge is 0.508 e. The Morgan fingerprint density at radius 2 is 2.00 bits per heavy atom. The molecule has 1 heterocycles. The summed E-state index contributed by atoms with van der Waals surface area (Å²) in [5.41, 5.74) is 2.56. The van der Waals surface area contributed by atoms with E-state index in [9.17, 15) is 9.90 Å². The molecule has 1 amide bonds. The van der Waals surface area contributed by atoms with Gasteiger partial charge in [-0.3, -0.25) is 4.79 Å². The molecule has 2 aromatic rings. The van der Waals surface area contributed by atoms with Gasteiger partial charge >= 0.3 is 0 Å². The lowest BCUT2D eigenvalue weighted by Crippen LogP contribution is -2.13. The number of halogens is 1. The van der Waals surface area contributed by atoms with Crippen molar-refractivity contribution in [3.63, 3.8) is 0 Å². The molecule has 4 nitrogen and oxygen atoms in total. The van der Waals surface area contributed by atoms with E-state index in [1.165, 1.54) is 6.07 Å². The number of carbonyl (C=O) groups excluding carboxylic acids is 1. The van der Waals surface area contributed by atoms with Gasteiger partial charge < -0.3 is 10.4 Å². The minimum Gasteiger partial charge on any atom is -0.508 e. The Balaban J connectivity index is 2.23. The molecule has 19 heavy (non-hydrogen) atoms. The SMILES string of the molecule is Cc1cc(C(=O)Nc2ccc(Br)nc2C)ccc1O. The van der Waals surface area contributed by atoms with Crippen LogP contribution in [0.1, 0.15) is 21.6 Å². The Kier molecular flexibility index (Phi) is 3.85. The molecule has 1 aromatic heterocycles. The lowest BCUT2D eigenvalue weighted by atomic mass is 10.1. The summed E-state index contributed by atoms with van der Waals surface area (Å²) in [6.45, 7) is 3.57. The average Bonchev–Trinajstić information content (AvgIpc) is 2.36. The Morgan fingerprint density at radius 3 is 2.63 bits per heavy atom. The molecule has 0 saturated heterocycles. The van der Waals surface area contributed by atoms with Gasteiger partial charge in [0, 0.05) is 5.56 Å². The lowest BCUT2D eigenvalue weighted by molar-refractivity contribution is 0.102. The summed E-state index contributed by atoms with van der Waals surface area (Å²) >= 11 is 3.27. The predicted molar refractivity (Wildman–Crippen MR) is 77.5 cm³/mol. The summed E-state index contributed by atoms with van der Waals surface area (Å²) in [4.78, 5) is 16.3. The van der Waals surface area contributed by atoms with E-state index < -0.39 is 0 Å². The summed E-state index contributed by atoms with van der Waals surface area (Å²) < 4.78 is 0.725. The number of phenols is 1. The van der Waals surface area contributed by atoms with Crippen molar-refractivity contribution in [2.45, 2.75) is 13.8 Å². The number of aryl methyl sites for hydroxylation is 2. The average molecular weight is 321 g/mol. The highest BCUT2D eigenvalue weighted by molar-refractivity contribution is 9.10. The first-order valence-corrected chi connectivity index (χ1v) is 6.51. The molecule has 0 unspecified atom stereocenters. The number of aromatic hydroxyl groups is 1. The number of hydrogen-bond donors (Lipinski definition) is 2. The molecular formula is C14H13BrN2O2. The monoisotopic (exact) mass is 320 g/mol. The van der Waals surface area contributed by atoms with Gasteiger partial charge in [-0.05, 0) is 65.7 Å². The summed E-state index contributed by atoms with van der Waals surface area (Å²) in [5.74, 6) is -0.0478. The van der Waals surface area contributed by atoms with E-state index in [4.69, 9.17) is 0 Å². The molecule has 0 aliphatic rings. The van der Waals surface area contributed by atoms with Crippen LogP contribution < -0.4 is 5.32 Å². The van der Waals surface area contributed by atoms with Crippen molar-refractivity contribution in [2.75, 3.05) is 5.32 Å². The van der Waals surface area contributed by atoms with E-state index in [0.717, 1.165) is 10.3 Å². The maximum absolute atomic E-state index is 12.1. The number of nitrogens with zero attached hydrogens (tertiary/aromatic N) is 1. The highest BCUT2D eigenvalue weighted by atomic mass is 79.9. The fourth-order valence-electron chi connectivity index (χ4n) is 1.65. The van der Waals surface area contributed by atoms with Crippen molar-refractivity contribution in [1.82, 2.24) is 4.98 Å². The maximum Gasteiger partial charge on any atom is 0.255 e. The third-order valence-electron chi connectivity index (χ3n) is 2.76. The number of rotatable bonds is 2. The minimum atomic E-state index is -0.227. The predicted octanol–water partition coefficient (Wildman–Crippen LogP) is 3.42. The standard InChI is InChI=1S/C14H13BrN2O2/c1-8-7-10(3-5-12(8)18)14(19)17-11-4-6-13(15)16-9(11)2/h3-7,18H,1-2H3,(H,17,19). The first-order valence-electron chi connectivity index (χ1n) is 5.71. The lowest BCUT2D eigenvalue weighted by Gasteiger charge is -2.09. The van der Waals surface area contributed by atoms with E-state index in [0.29, 0.717) is 16.8 Å². The Labute approximate surface area is 119 Å². The molecule has 0 aliphatic carbocycles. The molecular weight excluding hydrogens is 308 g/mol. The van der Waals surface area contributed by atoms with Crippen LogP contribution in [-0.4, -0.2) is 16.0 Å². The Morgan fingerprint density at radius 1 is 1.26 bits per heavy atom. The number of pyridine rings is 1. The van der Waals surface area contributed by atoms with Gasteiger partial charge in [0.15, 0.2) is 0 Å². The third kappa shape index (κ3) is 3.12. The Bertz CT molecular complexity index is 641. The van der Waals surface area contributed by atoms with Crippen LogP contribution in [0, 0.1) is 13.8 Å². The molecule has 0 aliphatic heterocycles. The number of hydrogen-bond acceptors (Lipinski definition) is 3. The number of amides is 1. The molecule has 0 fully saturated rings. The van der Waals surface area contributed by atoms with Gasteiger partial charge in [0.1, 0.15) is 10.4 Å². The van der Waals surface area contributed by atoms with Gasteiger partial charge in [-0.1, -0.05) is 0 Å². The van der Waals surface area contributed by atoms with Crippen LogP contribution in [-0.2, 0) is 0 Å². The quantitative estimate of drug-likeness (QED) is 0.833. The summed E-state index contributed by atoms with van der Waals surface area (Å²) in [6, 6.07) is 8.30. The normalized spacial score (nSPS) is 10.3. The van der Waals surface area contributed by atoms with Crippen LogP contribution in [0.4, 0.5) is 5.69 Å². The van der Waals surface area contributed by atoms with Crippen LogP contribution in [0.5, 0.6) is 5.75 Å². The van der Waals surface area contributed by atoms with Gasteiger partial charge in [-0.15, -0.1) is 0 Å². The summed E-state index contributed by atoms with van der Waals surface area (Å²) in [5, 5.41) is 12.2. The van der Waals surface area contributed by atoms with Crippen LogP contribution in [0.3, 0.4) is 0 Å². The summed E-state index contributed by atoms with van der Waals surface area (Å²) in [7, 11) is 0. The van der Waals surface area contributed by atoms with Crippen molar-refractivity contribution in [3.05, 3.63) is 51.8 Å². The first-order chi connectivity index (χ1) is 8.97. The first kappa shape index (κ1) is 13.5. The Hall–Kier alpha value is -1.88. The van der Waals surface area contributed by atoms with Crippen molar-refractivity contribution in [2.24, 2.45) is 0 Å². The van der Waals surface area contributed by atoms with Gasteiger partial charge in [0.05, 0.1) is 11.4 Å². The van der Waals surface area contributed by atoms with E-state index in [1.807, 2.05) is 6.92 Å². The van der Waals surface area contributed by atoms with E-state index >= 15 is 0 Å². The summed E-state index contributed by atoms with van der Waals surface area (Å²) in [6.07, 6.45) is 0. The molecule has 0 spiro atoms. The van der Waals surface area contributed by atoms with Crippen molar-refractivity contribution in [1.29, 1.82) is 0 Å². The second kappa shape index (κ2) is 5.40. The second-order valence-corrected chi connectivity index (χ2v) is 5.03. The molecule has 1 aromatic carbocycles. The van der Waals surface area contributed by atoms with E-state index in [2.05, 4.69) is 26.2 Å². The maximum atomic E-state index is 12.1. The van der Waals surface area contributed by atoms with Crippen LogP contribution >= 0.6 is 15.9 Å². The topological polar surface area (TPSA) is 62.2 Å². The van der Waals surface area contributed by atoms with Gasteiger partial charge in [0.2, 0.25) is 0 Å². The molecule has 0 saturated carbocycles. The molecule has 0 bridgehead atoms. The van der Waals surface area contributed by atoms with E-state index in [-0.39, 0.29) is 11.7 Å². The molecule has 0 atom stereocenters. The molecule has 2 N–H and O–H groups in total. The highest BCUT2D eigenvalue weighted by Crippen LogP contribution is 2.20. The minimum absolute atomic E-state index is 0.179. The van der Waals surface area contributed by atoms with Gasteiger partial charge in [-0.2, -0.15) is 0 Å². The van der Waals surface area contributed by atoms with Crippen molar-refractivity contribution in [3.8, 4) is 5.75 Å². The van der Waals surface area contributed by atoms with Crippen LogP contribution in [0.25, 0.3) is 0 Å². The number of aromatic nitrogens is 1. The van der Waals surface area contributed by atoms with Crippen molar-refractivity contribution >= 4 is 27.5 Å². The highest BCUT2D eigenvalue weighted by Gasteiger charge is 2.09. The zero-order chi connectivity index (χ0) is 14.0. The zero-order valence-electron chi connectivity index (χ0n) is 10.6. The fourth-order valence-corrected chi connectivity index (χ4v) is 2.05. The van der Waals surface area contributed by atoms with Gasteiger partial charge in [-0.25, -0.2) is 4.98 Å². The van der Waals surface area contributed by atoms with Crippen LogP contribution in [0.15, 0.2) is 34.9 Å². The van der Waals surface area contributed by atoms with Gasteiger partial charge in [0.25, 0.3) is 5.91 Å². The van der Waals surface area contributed by atoms with Crippen molar-refractivity contribution < 1.29 is 9.90 Å². The number of nitrogens with one attached hydrogen (secondary N) is 1.